The fourth-order valence-electron chi connectivity index (χ4n) is 1.65. The lowest BCUT2D eigenvalue weighted by atomic mass is 10.2. The van der Waals surface area contributed by atoms with Crippen molar-refractivity contribution in [2.24, 2.45) is 0 Å². The van der Waals surface area contributed by atoms with E-state index in [2.05, 4.69) is 20.3 Å². The van der Waals surface area contributed by atoms with E-state index in [9.17, 15) is 0 Å². The Kier molecular flexibility index (Phi) is 2.36. The Labute approximate surface area is 103 Å². The second kappa shape index (κ2) is 3.90. The fraction of sp³-hybridized carbons (Fsp3) is 0.333. The van der Waals surface area contributed by atoms with E-state index in [1.54, 1.807) is 6.20 Å². The van der Waals surface area contributed by atoms with Crippen molar-refractivity contribution in [2.75, 3.05) is 0 Å². The molecule has 0 saturated carbocycles. The lowest BCUT2D eigenvalue weighted by Crippen LogP contribution is -1.85. The number of aromatic nitrogens is 4. The Hall–Kier alpha value is -2.24. The lowest BCUT2D eigenvalue weighted by Gasteiger charge is -1.96. The summed E-state index contributed by atoms with van der Waals surface area (Å²) in [7, 11) is 0. The number of hydrogen-bond acceptors (Lipinski definition) is 6. The average Bonchev–Trinajstić information content (AvgIpc) is 2.96. The SMILES string of the molecule is Cc1noc2ncc(-c3nnc(C(C)C)o3)cc12. The van der Waals surface area contributed by atoms with Crippen molar-refractivity contribution in [3.63, 3.8) is 0 Å². The maximum Gasteiger partial charge on any atom is 0.257 e. The van der Waals surface area contributed by atoms with Gasteiger partial charge in [0.1, 0.15) is 0 Å². The summed E-state index contributed by atoms with van der Waals surface area (Å²) in [5, 5.41) is 12.7. The van der Waals surface area contributed by atoms with E-state index in [-0.39, 0.29) is 5.92 Å². The highest BCUT2D eigenvalue weighted by molar-refractivity contribution is 5.79. The number of aryl methyl sites for hydroxylation is 1. The molecule has 0 N–H and O–H groups in total. The van der Waals surface area contributed by atoms with Gasteiger partial charge in [0, 0.05) is 12.1 Å². The van der Waals surface area contributed by atoms with Crippen LogP contribution in [0.25, 0.3) is 22.6 Å². The minimum Gasteiger partial charge on any atom is -0.420 e. The molecule has 0 saturated heterocycles. The summed E-state index contributed by atoms with van der Waals surface area (Å²) in [5.41, 5.74) is 2.08. The standard InChI is InChI=1S/C12H12N4O2/c1-6(2)10-14-15-11(17-10)8-4-9-7(3)16-18-12(9)13-5-8/h4-6H,1-3H3. The number of fused-ring (bicyclic) bond motifs is 1. The molecule has 0 aliphatic rings. The van der Waals surface area contributed by atoms with Crippen LogP contribution in [0.5, 0.6) is 0 Å². The van der Waals surface area contributed by atoms with Crippen LogP contribution in [0, 0.1) is 6.92 Å². The third kappa shape index (κ3) is 1.66. The zero-order chi connectivity index (χ0) is 12.7. The highest BCUT2D eigenvalue weighted by Crippen LogP contribution is 2.24. The van der Waals surface area contributed by atoms with Crippen LogP contribution in [-0.2, 0) is 0 Å². The van der Waals surface area contributed by atoms with Crippen LogP contribution in [0.1, 0.15) is 31.4 Å². The highest BCUT2D eigenvalue weighted by Gasteiger charge is 2.14. The molecular weight excluding hydrogens is 232 g/mol. The Morgan fingerprint density at radius 2 is 2.06 bits per heavy atom. The molecule has 0 aliphatic carbocycles. The number of nitrogens with zero attached hydrogens (tertiary/aromatic N) is 4. The minimum absolute atomic E-state index is 0.209. The predicted octanol–water partition coefficient (Wildman–Crippen LogP) is 2.70. The molecule has 0 aromatic carbocycles. The maximum absolute atomic E-state index is 5.58. The Morgan fingerprint density at radius 1 is 1.22 bits per heavy atom. The molecule has 3 aromatic heterocycles. The summed E-state index contributed by atoms with van der Waals surface area (Å²) in [4.78, 5) is 4.18. The van der Waals surface area contributed by atoms with Crippen molar-refractivity contribution in [1.82, 2.24) is 20.3 Å². The number of rotatable bonds is 2. The van der Waals surface area contributed by atoms with Gasteiger partial charge < -0.3 is 8.94 Å². The molecule has 0 bridgehead atoms. The first-order valence-electron chi connectivity index (χ1n) is 5.71. The molecule has 3 rings (SSSR count). The Morgan fingerprint density at radius 3 is 2.78 bits per heavy atom. The minimum atomic E-state index is 0.209. The highest BCUT2D eigenvalue weighted by atomic mass is 16.5. The van der Waals surface area contributed by atoms with Gasteiger partial charge in [0.05, 0.1) is 16.6 Å². The largest absolute Gasteiger partial charge is 0.420 e. The lowest BCUT2D eigenvalue weighted by molar-refractivity contribution is 0.443. The zero-order valence-electron chi connectivity index (χ0n) is 10.3. The van der Waals surface area contributed by atoms with Crippen molar-refractivity contribution in [3.8, 4) is 11.5 Å². The van der Waals surface area contributed by atoms with E-state index < -0.39 is 0 Å². The van der Waals surface area contributed by atoms with E-state index in [1.165, 1.54) is 0 Å². The van der Waals surface area contributed by atoms with Crippen LogP contribution in [0.2, 0.25) is 0 Å². The topological polar surface area (TPSA) is 77.8 Å². The molecule has 0 spiro atoms. The number of hydrogen-bond donors (Lipinski definition) is 0. The van der Waals surface area contributed by atoms with Gasteiger partial charge in [0.25, 0.3) is 5.71 Å². The molecule has 6 heteroatoms. The smallest absolute Gasteiger partial charge is 0.257 e. The van der Waals surface area contributed by atoms with Crippen LogP contribution in [-0.4, -0.2) is 20.3 Å². The first-order valence-corrected chi connectivity index (χ1v) is 5.71. The molecule has 3 heterocycles. The van der Waals surface area contributed by atoms with E-state index in [4.69, 9.17) is 8.94 Å². The molecule has 0 radical (unpaired) electrons. The van der Waals surface area contributed by atoms with Crippen LogP contribution in [0.4, 0.5) is 0 Å². The molecule has 0 atom stereocenters. The summed E-state index contributed by atoms with van der Waals surface area (Å²) < 4.78 is 10.6. The molecule has 0 aliphatic heterocycles. The Balaban J connectivity index is 2.09. The van der Waals surface area contributed by atoms with Gasteiger partial charge in [-0.15, -0.1) is 10.2 Å². The van der Waals surface area contributed by atoms with Gasteiger partial charge in [-0.25, -0.2) is 4.98 Å². The summed E-state index contributed by atoms with van der Waals surface area (Å²) in [6.45, 7) is 5.87. The molecule has 0 amide bonds. The van der Waals surface area contributed by atoms with Crippen LogP contribution in [0.15, 0.2) is 21.2 Å². The first kappa shape index (κ1) is 10.9. The number of pyridine rings is 1. The van der Waals surface area contributed by atoms with E-state index in [0.29, 0.717) is 17.5 Å². The third-order valence-corrected chi connectivity index (χ3v) is 2.69. The summed E-state index contributed by atoms with van der Waals surface area (Å²) >= 11 is 0. The summed E-state index contributed by atoms with van der Waals surface area (Å²) in [6, 6.07) is 1.89. The Bertz CT molecular complexity index is 699. The van der Waals surface area contributed by atoms with Gasteiger partial charge >= 0.3 is 0 Å². The maximum atomic E-state index is 5.58. The predicted molar refractivity (Wildman–Crippen MR) is 63.9 cm³/mol. The summed E-state index contributed by atoms with van der Waals surface area (Å²) in [6.07, 6.45) is 1.64. The van der Waals surface area contributed by atoms with E-state index >= 15 is 0 Å². The normalized spacial score (nSPS) is 11.6. The molecular formula is C12H12N4O2. The molecule has 3 aromatic rings. The van der Waals surface area contributed by atoms with Crippen molar-refractivity contribution in [1.29, 1.82) is 0 Å². The first-order chi connectivity index (χ1) is 8.65. The fourth-order valence-corrected chi connectivity index (χ4v) is 1.65. The van der Waals surface area contributed by atoms with Crippen molar-refractivity contribution < 1.29 is 8.94 Å². The van der Waals surface area contributed by atoms with Crippen LogP contribution >= 0.6 is 0 Å². The quantitative estimate of drug-likeness (QED) is 0.689. The zero-order valence-corrected chi connectivity index (χ0v) is 10.3. The van der Waals surface area contributed by atoms with Crippen molar-refractivity contribution >= 4 is 11.1 Å². The van der Waals surface area contributed by atoms with Gasteiger partial charge in [0.15, 0.2) is 0 Å². The van der Waals surface area contributed by atoms with Gasteiger partial charge in [-0.2, -0.15) is 0 Å². The second-order valence-corrected chi connectivity index (χ2v) is 4.44. The second-order valence-electron chi connectivity index (χ2n) is 4.44. The van der Waals surface area contributed by atoms with Gasteiger partial charge in [-0.1, -0.05) is 19.0 Å². The average molecular weight is 244 g/mol. The third-order valence-electron chi connectivity index (χ3n) is 2.69. The molecule has 6 nitrogen and oxygen atoms in total. The molecule has 0 fully saturated rings. The molecule has 0 unspecified atom stereocenters. The van der Waals surface area contributed by atoms with Crippen LogP contribution in [0.3, 0.4) is 0 Å². The monoisotopic (exact) mass is 244 g/mol. The summed E-state index contributed by atoms with van der Waals surface area (Å²) in [5.74, 6) is 1.29. The molecule has 92 valence electrons. The molecule has 18 heavy (non-hydrogen) atoms. The van der Waals surface area contributed by atoms with E-state index in [0.717, 1.165) is 16.6 Å². The van der Waals surface area contributed by atoms with Crippen molar-refractivity contribution in [3.05, 3.63) is 23.8 Å². The van der Waals surface area contributed by atoms with Crippen LogP contribution < -0.4 is 0 Å². The van der Waals surface area contributed by atoms with E-state index in [1.807, 2.05) is 26.8 Å². The van der Waals surface area contributed by atoms with Gasteiger partial charge in [-0.3, -0.25) is 0 Å². The van der Waals surface area contributed by atoms with Gasteiger partial charge in [0.2, 0.25) is 11.8 Å². The van der Waals surface area contributed by atoms with Gasteiger partial charge in [-0.05, 0) is 13.0 Å². The van der Waals surface area contributed by atoms with Crippen molar-refractivity contribution in [2.45, 2.75) is 26.7 Å².